The molecular formula is C19H21NO3. The summed E-state index contributed by atoms with van der Waals surface area (Å²) in [5.74, 6) is 1.50. The number of amides is 1. The maximum Gasteiger partial charge on any atom is 0.244 e. The molecule has 0 radical (unpaired) electrons. The van der Waals surface area contributed by atoms with Crippen LogP contribution in [0.3, 0.4) is 0 Å². The van der Waals surface area contributed by atoms with Crippen LogP contribution < -0.4 is 14.8 Å². The van der Waals surface area contributed by atoms with E-state index < -0.39 is 0 Å². The largest absolute Gasteiger partial charge is 0.497 e. The van der Waals surface area contributed by atoms with Crippen molar-refractivity contribution in [2.24, 2.45) is 0 Å². The molecule has 0 fully saturated rings. The van der Waals surface area contributed by atoms with Gasteiger partial charge >= 0.3 is 0 Å². The van der Waals surface area contributed by atoms with Gasteiger partial charge in [-0.1, -0.05) is 24.3 Å². The van der Waals surface area contributed by atoms with Crippen molar-refractivity contribution in [1.29, 1.82) is 0 Å². The lowest BCUT2D eigenvalue weighted by Gasteiger charge is -2.05. The summed E-state index contributed by atoms with van der Waals surface area (Å²) < 4.78 is 10.5. The third-order valence-electron chi connectivity index (χ3n) is 3.24. The summed E-state index contributed by atoms with van der Waals surface area (Å²) in [5, 5.41) is 2.85. The fourth-order valence-corrected chi connectivity index (χ4v) is 2.01. The quantitative estimate of drug-likeness (QED) is 0.797. The van der Waals surface area contributed by atoms with Crippen LogP contribution in [0.1, 0.15) is 18.1 Å². The van der Waals surface area contributed by atoms with Gasteiger partial charge in [-0.05, 0) is 48.4 Å². The van der Waals surface area contributed by atoms with Crippen molar-refractivity contribution in [3.05, 3.63) is 65.7 Å². The van der Waals surface area contributed by atoms with Crippen LogP contribution in [-0.4, -0.2) is 19.6 Å². The average Bonchev–Trinajstić information content (AvgIpc) is 2.60. The highest BCUT2D eigenvalue weighted by molar-refractivity contribution is 5.91. The molecule has 0 saturated heterocycles. The van der Waals surface area contributed by atoms with Gasteiger partial charge in [0.05, 0.1) is 13.7 Å². The van der Waals surface area contributed by atoms with Gasteiger partial charge in [0.15, 0.2) is 0 Å². The third-order valence-corrected chi connectivity index (χ3v) is 3.24. The summed E-state index contributed by atoms with van der Waals surface area (Å²) in [6.07, 6.45) is 3.29. The molecule has 0 aromatic heterocycles. The molecular weight excluding hydrogens is 290 g/mol. The first kappa shape index (κ1) is 16.6. The molecule has 0 bridgehead atoms. The Morgan fingerprint density at radius 1 is 1.04 bits per heavy atom. The van der Waals surface area contributed by atoms with Crippen molar-refractivity contribution >= 4 is 12.0 Å². The lowest BCUT2D eigenvalue weighted by molar-refractivity contribution is -0.116. The van der Waals surface area contributed by atoms with Crippen molar-refractivity contribution in [2.75, 3.05) is 13.7 Å². The number of carbonyl (C=O) groups is 1. The SMILES string of the molecule is CCOc1ccc(CNC(=O)/C=C/c2ccc(OC)cc2)cc1. The van der Waals surface area contributed by atoms with Crippen LogP contribution in [0.2, 0.25) is 0 Å². The molecule has 4 nitrogen and oxygen atoms in total. The number of carbonyl (C=O) groups excluding carboxylic acids is 1. The number of nitrogens with one attached hydrogen (secondary N) is 1. The van der Waals surface area contributed by atoms with Gasteiger partial charge < -0.3 is 14.8 Å². The molecule has 0 saturated carbocycles. The van der Waals surface area contributed by atoms with E-state index in [2.05, 4.69) is 5.32 Å². The van der Waals surface area contributed by atoms with Crippen molar-refractivity contribution in [2.45, 2.75) is 13.5 Å². The minimum atomic E-state index is -0.130. The molecule has 2 aromatic carbocycles. The maximum absolute atomic E-state index is 11.8. The standard InChI is InChI=1S/C19H21NO3/c1-3-23-18-11-6-16(7-12-18)14-20-19(21)13-8-15-4-9-17(22-2)10-5-15/h4-13H,3,14H2,1-2H3,(H,20,21)/b13-8+. The Labute approximate surface area is 136 Å². The van der Waals surface area contributed by atoms with E-state index in [0.717, 1.165) is 22.6 Å². The Bertz CT molecular complexity index is 645. The first-order chi connectivity index (χ1) is 11.2. The van der Waals surface area contributed by atoms with Gasteiger partial charge in [-0.3, -0.25) is 4.79 Å². The molecule has 0 heterocycles. The van der Waals surface area contributed by atoms with Crippen molar-refractivity contribution in [1.82, 2.24) is 5.32 Å². The molecule has 120 valence electrons. The Morgan fingerprint density at radius 3 is 2.30 bits per heavy atom. The minimum absolute atomic E-state index is 0.130. The Balaban J connectivity index is 1.82. The molecule has 0 aliphatic rings. The highest BCUT2D eigenvalue weighted by Crippen LogP contribution is 2.13. The van der Waals surface area contributed by atoms with Crippen LogP contribution in [0.4, 0.5) is 0 Å². The molecule has 0 spiro atoms. The smallest absolute Gasteiger partial charge is 0.244 e. The number of hydrogen-bond acceptors (Lipinski definition) is 3. The van der Waals surface area contributed by atoms with E-state index in [1.54, 1.807) is 13.2 Å². The van der Waals surface area contributed by atoms with Gasteiger partial charge in [-0.2, -0.15) is 0 Å². The van der Waals surface area contributed by atoms with Crippen molar-refractivity contribution in [3.63, 3.8) is 0 Å². The van der Waals surface area contributed by atoms with E-state index >= 15 is 0 Å². The van der Waals surface area contributed by atoms with E-state index in [1.807, 2.05) is 55.5 Å². The molecule has 0 aliphatic heterocycles. The molecule has 1 N–H and O–H groups in total. The van der Waals surface area contributed by atoms with E-state index in [1.165, 1.54) is 6.08 Å². The summed E-state index contributed by atoms with van der Waals surface area (Å²) >= 11 is 0. The Hall–Kier alpha value is -2.75. The number of ether oxygens (including phenoxy) is 2. The van der Waals surface area contributed by atoms with E-state index in [0.29, 0.717) is 13.2 Å². The van der Waals surface area contributed by atoms with Gasteiger partial charge in [-0.15, -0.1) is 0 Å². The number of benzene rings is 2. The molecule has 23 heavy (non-hydrogen) atoms. The summed E-state index contributed by atoms with van der Waals surface area (Å²) in [6, 6.07) is 15.2. The van der Waals surface area contributed by atoms with Crippen molar-refractivity contribution in [3.8, 4) is 11.5 Å². The lowest BCUT2D eigenvalue weighted by Crippen LogP contribution is -2.20. The van der Waals surface area contributed by atoms with Crippen LogP contribution >= 0.6 is 0 Å². The van der Waals surface area contributed by atoms with Gasteiger partial charge in [0, 0.05) is 12.6 Å². The van der Waals surface area contributed by atoms with Crippen LogP contribution in [0.25, 0.3) is 6.08 Å². The van der Waals surface area contributed by atoms with E-state index in [4.69, 9.17) is 9.47 Å². The fraction of sp³-hybridized carbons (Fsp3) is 0.211. The highest BCUT2D eigenvalue weighted by atomic mass is 16.5. The fourth-order valence-electron chi connectivity index (χ4n) is 2.01. The number of rotatable bonds is 7. The average molecular weight is 311 g/mol. The second-order valence-corrected chi connectivity index (χ2v) is 4.90. The monoisotopic (exact) mass is 311 g/mol. The summed E-state index contributed by atoms with van der Waals surface area (Å²) in [5.41, 5.74) is 1.97. The normalized spacial score (nSPS) is 10.5. The molecule has 0 unspecified atom stereocenters. The maximum atomic E-state index is 11.8. The molecule has 2 rings (SSSR count). The second kappa shape index (κ2) is 8.63. The number of methoxy groups -OCH3 is 1. The lowest BCUT2D eigenvalue weighted by atomic mass is 10.2. The Morgan fingerprint density at radius 2 is 1.70 bits per heavy atom. The number of hydrogen-bond donors (Lipinski definition) is 1. The summed E-state index contributed by atoms with van der Waals surface area (Å²) in [7, 11) is 1.62. The zero-order valence-electron chi connectivity index (χ0n) is 13.4. The predicted molar refractivity (Wildman–Crippen MR) is 91.5 cm³/mol. The van der Waals surface area contributed by atoms with Gasteiger partial charge in [0.25, 0.3) is 0 Å². The van der Waals surface area contributed by atoms with E-state index in [-0.39, 0.29) is 5.91 Å². The molecule has 2 aromatic rings. The van der Waals surface area contributed by atoms with Crippen LogP contribution in [0.5, 0.6) is 11.5 Å². The molecule has 0 aliphatic carbocycles. The molecule has 4 heteroatoms. The first-order valence-electron chi connectivity index (χ1n) is 7.53. The van der Waals surface area contributed by atoms with Crippen molar-refractivity contribution < 1.29 is 14.3 Å². The summed E-state index contributed by atoms with van der Waals surface area (Å²) in [6.45, 7) is 3.08. The minimum Gasteiger partial charge on any atom is -0.497 e. The third kappa shape index (κ3) is 5.51. The predicted octanol–water partition coefficient (Wildman–Crippen LogP) is 3.42. The first-order valence-corrected chi connectivity index (χ1v) is 7.53. The van der Waals surface area contributed by atoms with E-state index in [9.17, 15) is 4.79 Å². The zero-order chi connectivity index (χ0) is 16.5. The summed E-state index contributed by atoms with van der Waals surface area (Å²) in [4.78, 5) is 11.8. The van der Waals surface area contributed by atoms with Crippen LogP contribution in [0.15, 0.2) is 54.6 Å². The zero-order valence-corrected chi connectivity index (χ0v) is 13.4. The van der Waals surface area contributed by atoms with Crippen LogP contribution in [-0.2, 0) is 11.3 Å². The van der Waals surface area contributed by atoms with Gasteiger partial charge in [-0.25, -0.2) is 0 Å². The van der Waals surface area contributed by atoms with Crippen LogP contribution in [0, 0.1) is 0 Å². The highest BCUT2D eigenvalue weighted by Gasteiger charge is 1.98. The second-order valence-electron chi connectivity index (χ2n) is 4.90. The molecule has 0 atom stereocenters. The van der Waals surface area contributed by atoms with Gasteiger partial charge in [0.2, 0.25) is 5.91 Å². The van der Waals surface area contributed by atoms with Gasteiger partial charge in [0.1, 0.15) is 11.5 Å². The molecule has 1 amide bonds. The Kier molecular flexibility index (Phi) is 6.24. The topological polar surface area (TPSA) is 47.6 Å².